The molecule has 0 saturated carbocycles. The van der Waals surface area contributed by atoms with Crippen molar-refractivity contribution >= 4 is 0 Å². The zero-order chi connectivity index (χ0) is 8.32. The van der Waals surface area contributed by atoms with Crippen LogP contribution in [0.2, 0.25) is 0 Å². The van der Waals surface area contributed by atoms with Gasteiger partial charge in [-0.2, -0.15) is 0 Å². The summed E-state index contributed by atoms with van der Waals surface area (Å²) in [6.07, 6.45) is 1.16. The number of ether oxygens (including phenoxy) is 1. The fourth-order valence-electron chi connectivity index (χ4n) is 0.817. The van der Waals surface area contributed by atoms with E-state index in [4.69, 9.17) is 0 Å². The highest BCUT2D eigenvalue weighted by molar-refractivity contribution is 5.11. The van der Waals surface area contributed by atoms with Crippen LogP contribution < -0.4 is 0 Å². The van der Waals surface area contributed by atoms with Crippen LogP contribution in [0.1, 0.15) is 6.42 Å². The van der Waals surface area contributed by atoms with Gasteiger partial charge in [0.1, 0.15) is 0 Å². The highest BCUT2D eigenvalue weighted by Crippen LogP contribution is 2.22. The lowest BCUT2D eigenvalue weighted by Gasteiger charge is -2.15. The van der Waals surface area contributed by atoms with E-state index in [0.29, 0.717) is 0 Å². The lowest BCUT2D eigenvalue weighted by molar-refractivity contribution is -0.335. The first-order chi connectivity index (χ1) is 5.08. The molecule has 1 aliphatic carbocycles. The Labute approximate surface area is 62.2 Å². The molecule has 0 aromatic rings. The summed E-state index contributed by atoms with van der Waals surface area (Å²) in [5.74, 6) is 0. The van der Waals surface area contributed by atoms with Crippen LogP contribution in [0.25, 0.3) is 0 Å². The predicted octanol–water partition coefficient (Wildman–Crippen LogP) is 2.41. The Hall–Kier alpha value is -0.770. The molecule has 11 heavy (non-hydrogen) atoms. The molecule has 0 spiro atoms. The van der Waals surface area contributed by atoms with Gasteiger partial charge in [0.25, 0.3) is 0 Å². The Morgan fingerprint density at radius 2 is 2.00 bits per heavy atom. The summed E-state index contributed by atoms with van der Waals surface area (Å²) in [7, 11) is 0. The Morgan fingerprint density at radius 1 is 1.27 bits per heavy atom. The van der Waals surface area contributed by atoms with Crippen LogP contribution in [0.4, 0.5) is 13.2 Å². The standard InChI is InChI=1S/C7H7F3O/c8-7(9,10)11-6-4-2-1-3-5-6/h1-4,6H,5H2/t6-/m0/s1. The lowest BCUT2D eigenvalue weighted by Crippen LogP contribution is -2.22. The lowest BCUT2D eigenvalue weighted by atomic mass is 10.1. The quantitative estimate of drug-likeness (QED) is 0.578. The largest absolute Gasteiger partial charge is 0.523 e. The van der Waals surface area contributed by atoms with E-state index in [1.165, 1.54) is 6.08 Å². The fraction of sp³-hybridized carbons (Fsp3) is 0.429. The first kappa shape index (κ1) is 8.33. The van der Waals surface area contributed by atoms with Gasteiger partial charge >= 0.3 is 6.36 Å². The summed E-state index contributed by atoms with van der Waals surface area (Å²) < 4.78 is 38.4. The Morgan fingerprint density at radius 3 is 2.45 bits per heavy atom. The van der Waals surface area contributed by atoms with Gasteiger partial charge in [0.05, 0.1) is 6.10 Å². The van der Waals surface area contributed by atoms with Gasteiger partial charge in [0.2, 0.25) is 0 Å². The third-order valence-electron chi connectivity index (χ3n) is 1.23. The van der Waals surface area contributed by atoms with Gasteiger partial charge in [-0.05, 0) is 6.42 Å². The summed E-state index contributed by atoms with van der Waals surface area (Å²) in [6, 6.07) is 0. The smallest absolute Gasteiger partial charge is 0.284 e. The number of alkyl halides is 3. The second kappa shape index (κ2) is 3.09. The van der Waals surface area contributed by atoms with Crippen LogP contribution in [0.5, 0.6) is 0 Å². The number of hydrogen-bond donors (Lipinski definition) is 0. The maximum absolute atomic E-state index is 11.6. The van der Waals surface area contributed by atoms with Gasteiger partial charge in [-0.3, -0.25) is 4.74 Å². The Kier molecular flexibility index (Phi) is 2.34. The van der Waals surface area contributed by atoms with Crippen LogP contribution in [0.15, 0.2) is 24.3 Å². The summed E-state index contributed by atoms with van der Waals surface area (Å²) in [4.78, 5) is 0. The predicted molar refractivity (Wildman–Crippen MR) is 33.8 cm³/mol. The van der Waals surface area contributed by atoms with Crippen molar-refractivity contribution in [2.75, 3.05) is 0 Å². The summed E-state index contributed by atoms with van der Waals surface area (Å²) in [5, 5.41) is 0. The first-order valence-corrected chi connectivity index (χ1v) is 3.16. The molecule has 1 nitrogen and oxygen atoms in total. The molecule has 0 saturated heterocycles. The van der Waals surface area contributed by atoms with Crippen LogP contribution >= 0.6 is 0 Å². The van der Waals surface area contributed by atoms with E-state index in [-0.39, 0.29) is 6.42 Å². The Bertz CT molecular complexity index is 181. The summed E-state index contributed by atoms with van der Waals surface area (Å²) >= 11 is 0. The van der Waals surface area contributed by atoms with E-state index in [9.17, 15) is 13.2 Å². The van der Waals surface area contributed by atoms with Crippen LogP contribution in [-0.4, -0.2) is 12.5 Å². The number of hydrogen-bond acceptors (Lipinski definition) is 1. The highest BCUT2D eigenvalue weighted by Gasteiger charge is 2.32. The molecule has 0 radical (unpaired) electrons. The molecule has 0 N–H and O–H groups in total. The molecule has 0 aromatic carbocycles. The van der Waals surface area contributed by atoms with E-state index in [2.05, 4.69) is 4.74 Å². The average Bonchev–Trinajstić information content (AvgIpc) is 1.85. The van der Waals surface area contributed by atoms with E-state index in [1.807, 2.05) is 0 Å². The molecule has 1 atom stereocenters. The second-order valence-corrected chi connectivity index (χ2v) is 2.15. The number of halogens is 3. The fourth-order valence-corrected chi connectivity index (χ4v) is 0.817. The molecule has 0 heterocycles. The normalized spacial score (nSPS) is 24.1. The van der Waals surface area contributed by atoms with E-state index in [0.717, 1.165) is 0 Å². The first-order valence-electron chi connectivity index (χ1n) is 3.16. The van der Waals surface area contributed by atoms with E-state index < -0.39 is 12.5 Å². The van der Waals surface area contributed by atoms with Crippen molar-refractivity contribution in [3.05, 3.63) is 24.3 Å². The summed E-state index contributed by atoms with van der Waals surface area (Å²) in [6.45, 7) is 0. The van der Waals surface area contributed by atoms with Crippen LogP contribution in [0, 0.1) is 0 Å². The minimum absolute atomic E-state index is 0.288. The molecule has 4 heteroatoms. The molecular weight excluding hydrogens is 157 g/mol. The molecule has 0 amide bonds. The maximum Gasteiger partial charge on any atom is 0.523 e. The molecule has 62 valence electrons. The third-order valence-corrected chi connectivity index (χ3v) is 1.23. The molecule has 0 unspecified atom stereocenters. The monoisotopic (exact) mass is 164 g/mol. The molecule has 1 rings (SSSR count). The summed E-state index contributed by atoms with van der Waals surface area (Å²) in [5.41, 5.74) is 0. The van der Waals surface area contributed by atoms with Gasteiger partial charge in [-0.25, -0.2) is 0 Å². The zero-order valence-electron chi connectivity index (χ0n) is 5.64. The third kappa shape index (κ3) is 3.23. The minimum Gasteiger partial charge on any atom is -0.284 e. The Balaban J connectivity index is 2.39. The SMILES string of the molecule is FC(F)(F)O[C@H]1C=CC=CC1. The van der Waals surface area contributed by atoms with E-state index >= 15 is 0 Å². The van der Waals surface area contributed by atoms with E-state index in [1.54, 1.807) is 18.2 Å². The van der Waals surface area contributed by atoms with Gasteiger partial charge in [0.15, 0.2) is 0 Å². The highest BCUT2D eigenvalue weighted by atomic mass is 19.4. The molecule has 0 bridgehead atoms. The van der Waals surface area contributed by atoms with Crippen molar-refractivity contribution in [1.29, 1.82) is 0 Å². The van der Waals surface area contributed by atoms with Gasteiger partial charge in [-0.15, -0.1) is 13.2 Å². The molecular formula is C7H7F3O. The maximum atomic E-state index is 11.6. The van der Waals surface area contributed by atoms with Gasteiger partial charge < -0.3 is 0 Å². The number of rotatable bonds is 1. The van der Waals surface area contributed by atoms with Crippen molar-refractivity contribution < 1.29 is 17.9 Å². The number of allylic oxidation sites excluding steroid dienone is 2. The van der Waals surface area contributed by atoms with Crippen molar-refractivity contribution in [1.82, 2.24) is 0 Å². The van der Waals surface area contributed by atoms with Crippen LogP contribution in [-0.2, 0) is 4.74 Å². The zero-order valence-corrected chi connectivity index (χ0v) is 5.64. The molecule has 1 aliphatic rings. The van der Waals surface area contributed by atoms with Crippen molar-refractivity contribution in [2.45, 2.75) is 18.9 Å². The molecule has 0 aliphatic heterocycles. The van der Waals surface area contributed by atoms with Gasteiger partial charge in [-0.1, -0.05) is 24.3 Å². The minimum atomic E-state index is -4.53. The van der Waals surface area contributed by atoms with Crippen molar-refractivity contribution in [2.24, 2.45) is 0 Å². The van der Waals surface area contributed by atoms with Crippen LogP contribution in [0.3, 0.4) is 0 Å². The van der Waals surface area contributed by atoms with Crippen molar-refractivity contribution in [3.8, 4) is 0 Å². The van der Waals surface area contributed by atoms with Crippen molar-refractivity contribution in [3.63, 3.8) is 0 Å². The average molecular weight is 164 g/mol. The molecule has 0 aromatic heterocycles. The second-order valence-electron chi connectivity index (χ2n) is 2.15. The molecule has 0 fully saturated rings. The van der Waals surface area contributed by atoms with Gasteiger partial charge in [0, 0.05) is 0 Å². The topological polar surface area (TPSA) is 9.23 Å².